The number of aromatic nitrogens is 1. The lowest BCUT2D eigenvalue weighted by Gasteiger charge is -2.34. The predicted molar refractivity (Wildman–Crippen MR) is 80.8 cm³/mol. The highest BCUT2D eigenvalue weighted by atomic mass is 35.5. The lowest BCUT2D eigenvalue weighted by Crippen LogP contribution is -2.41. The SMILES string of the molecule is CCNCc1nc(N2CCSCC2C)ccc1Cl. The number of thioether (sulfide) groups is 1. The molecule has 1 aliphatic heterocycles. The van der Waals surface area contributed by atoms with Crippen molar-refractivity contribution in [1.29, 1.82) is 0 Å². The van der Waals surface area contributed by atoms with Crippen LogP contribution < -0.4 is 10.2 Å². The third-order valence-electron chi connectivity index (χ3n) is 3.11. The smallest absolute Gasteiger partial charge is 0.129 e. The number of nitrogens with one attached hydrogen (secondary N) is 1. The molecular weight excluding hydrogens is 266 g/mol. The minimum absolute atomic E-state index is 0.546. The first kappa shape index (κ1) is 14.0. The Morgan fingerprint density at radius 2 is 2.39 bits per heavy atom. The number of anilines is 1. The van der Waals surface area contributed by atoms with E-state index in [0.717, 1.165) is 36.2 Å². The summed E-state index contributed by atoms with van der Waals surface area (Å²) >= 11 is 8.20. The van der Waals surface area contributed by atoms with Crippen LogP contribution in [0.1, 0.15) is 19.5 Å². The molecule has 3 nitrogen and oxygen atoms in total. The van der Waals surface area contributed by atoms with Crippen LogP contribution in [-0.2, 0) is 6.54 Å². The molecular formula is C13H20ClN3S. The minimum atomic E-state index is 0.546. The highest BCUT2D eigenvalue weighted by molar-refractivity contribution is 7.99. The lowest BCUT2D eigenvalue weighted by atomic mass is 10.2. The van der Waals surface area contributed by atoms with Gasteiger partial charge in [-0.3, -0.25) is 0 Å². The molecule has 0 aliphatic carbocycles. The van der Waals surface area contributed by atoms with Gasteiger partial charge in [-0.05, 0) is 25.6 Å². The number of pyridine rings is 1. The number of nitrogens with zero attached hydrogens (tertiary/aromatic N) is 2. The maximum Gasteiger partial charge on any atom is 0.129 e. The van der Waals surface area contributed by atoms with Gasteiger partial charge in [0.15, 0.2) is 0 Å². The molecule has 2 rings (SSSR count). The molecule has 0 amide bonds. The third-order valence-corrected chi connectivity index (χ3v) is 4.64. The van der Waals surface area contributed by atoms with Gasteiger partial charge in [0.25, 0.3) is 0 Å². The average Bonchev–Trinajstić information content (AvgIpc) is 2.39. The van der Waals surface area contributed by atoms with Crippen molar-refractivity contribution in [3.63, 3.8) is 0 Å². The molecule has 5 heteroatoms. The van der Waals surface area contributed by atoms with Crippen LogP contribution in [-0.4, -0.2) is 35.6 Å². The summed E-state index contributed by atoms with van der Waals surface area (Å²) in [5.41, 5.74) is 0.946. The molecule has 1 aromatic heterocycles. The van der Waals surface area contributed by atoms with E-state index in [4.69, 9.17) is 16.6 Å². The molecule has 1 fully saturated rings. The van der Waals surface area contributed by atoms with Gasteiger partial charge < -0.3 is 10.2 Å². The summed E-state index contributed by atoms with van der Waals surface area (Å²) in [6.45, 7) is 7.08. The predicted octanol–water partition coefficient (Wildman–Crippen LogP) is 2.79. The second-order valence-electron chi connectivity index (χ2n) is 4.50. The Kier molecular flexibility index (Phi) is 5.15. The van der Waals surface area contributed by atoms with Gasteiger partial charge in [0.2, 0.25) is 0 Å². The molecule has 18 heavy (non-hydrogen) atoms. The van der Waals surface area contributed by atoms with Crippen molar-refractivity contribution in [2.45, 2.75) is 26.4 Å². The molecule has 0 aromatic carbocycles. The summed E-state index contributed by atoms with van der Waals surface area (Å²) in [7, 11) is 0. The number of hydrogen-bond donors (Lipinski definition) is 1. The molecule has 1 N–H and O–H groups in total. The molecule has 0 radical (unpaired) electrons. The fourth-order valence-electron chi connectivity index (χ4n) is 2.07. The number of rotatable bonds is 4. The average molecular weight is 286 g/mol. The molecule has 0 spiro atoms. The maximum absolute atomic E-state index is 6.18. The van der Waals surface area contributed by atoms with Crippen molar-refractivity contribution in [3.05, 3.63) is 22.8 Å². The van der Waals surface area contributed by atoms with E-state index < -0.39 is 0 Å². The second kappa shape index (κ2) is 6.64. The maximum atomic E-state index is 6.18. The molecule has 2 heterocycles. The molecule has 1 saturated heterocycles. The van der Waals surface area contributed by atoms with Gasteiger partial charge in [-0.1, -0.05) is 18.5 Å². The molecule has 1 aromatic rings. The van der Waals surface area contributed by atoms with E-state index in [0.29, 0.717) is 6.04 Å². The zero-order chi connectivity index (χ0) is 13.0. The van der Waals surface area contributed by atoms with Crippen LogP contribution in [0.25, 0.3) is 0 Å². The quantitative estimate of drug-likeness (QED) is 0.921. The van der Waals surface area contributed by atoms with Crippen LogP contribution in [0.2, 0.25) is 5.02 Å². The van der Waals surface area contributed by atoms with Crippen molar-refractivity contribution in [1.82, 2.24) is 10.3 Å². The highest BCUT2D eigenvalue weighted by Crippen LogP contribution is 2.25. The Morgan fingerprint density at radius 3 is 3.11 bits per heavy atom. The molecule has 1 unspecified atom stereocenters. The van der Waals surface area contributed by atoms with E-state index in [2.05, 4.69) is 24.1 Å². The molecule has 1 aliphatic rings. The van der Waals surface area contributed by atoms with Gasteiger partial charge in [-0.15, -0.1) is 0 Å². The van der Waals surface area contributed by atoms with Crippen LogP contribution in [0.5, 0.6) is 0 Å². The summed E-state index contributed by atoms with van der Waals surface area (Å²) in [4.78, 5) is 7.08. The Balaban J connectivity index is 2.17. The van der Waals surface area contributed by atoms with Crippen molar-refractivity contribution in [3.8, 4) is 0 Å². The largest absolute Gasteiger partial charge is 0.352 e. The lowest BCUT2D eigenvalue weighted by molar-refractivity contribution is 0.676. The van der Waals surface area contributed by atoms with Crippen LogP contribution in [0.15, 0.2) is 12.1 Å². The van der Waals surface area contributed by atoms with Crippen molar-refractivity contribution in [2.75, 3.05) is 29.5 Å². The van der Waals surface area contributed by atoms with Crippen molar-refractivity contribution >= 4 is 29.2 Å². The van der Waals surface area contributed by atoms with E-state index in [1.54, 1.807) is 0 Å². The van der Waals surface area contributed by atoms with Gasteiger partial charge >= 0.3 is 0 Å². The molecule has 1 atom stereocenters. The molecule has 0 saturated carbocycles. The van der Waals surface area contributed by atoms with E-state index in [1.165, 1.54) is 11.5 Å². The van der Waals surface area contributed by atoms with Crippen LogP contribution in [0.3, 0.4) is 0 Å². The van der Waals surface area contributed by atoms with E-state index in [9.17, 15) is 0 Å². The van der Waals surface area contributed by atoms with Crippen LogP contribution in [0, 0.1) is 0 Å². The minimum Gasteiger partial charge on any atom is -0.352 e. The fraction of sp³-hybridized carbons (Fsp3) is 0.615. The molecule has 0 bridgehead atoms. The monoisotopic (exact) mass is 285 g/mol. The van der Waals surface area contributed by atoms with Gasteiger partial charge in [0.05, 0.1) is 10.7 Å². The summed E-state index contributed by atoms with van der Waals surface area (Å²) in [5, 5.41) is 4.03. The zero-order valence-corrected chi connectivity index (χ0v) is 12.5. The zero-order valence-electron chi connectivity index (χ0n) is 10.9. The Bertz CT molecular complexity index is 400. The third kappa shape index (κ3) is 3.31. The standard InChI is InChI=1S/C13H20ClN3S/c1-3-15-8-12-11(14)4-5-13(16-12)17-6-7-18-9-10(17)2/h4-5,10,15H,3,6-9H2,1-2H3. The summed E-state index contributed by atoms with van der Waals surface area (Å²) in [6, 6.07) is 4.54. The first-order valence-electron chi connectivity index (χ1n) is 6.43. The Labute approximate surface area is 118 Å². The van der Waals surface area contributed by atoms with E-state index >= 15 is 0 Å². The summed E-state index contributed by atoms with van der Waals surface area (Å²) in [5.74, 6) is 3.41. The van der Waals surface area contributed by atoms with Crippen molar-refractivity contribution in [2.24, 2.45) is 0 Å². The Morgan fingerprint density at radius 1 is 1.56 bits per heavy atom. The first-order valence-corrected chi connectivity index (χ1v) is 7.96. The fourth-order valence-corrected chi connectivity index (χ4v) is 3.25. The van der Waals surface area contributed by atoms with Gasteiger partial charge in [-0.2, -0.15) is 11.8 Å². The Hall–Kier alpha value is -0.450. The summed E-state index contributed by atoms with van der Waals surface area (Å²) in [6.07, 6.45) is 0. The van der Waals surface area contributed by atoms with Crippen molar-refractivity contribution < 1.29 is 0 Å². The van der Waals surface area contributed by atoms with E-state index in [-0.39, 0.29) is 0 Å². The van der Waals surface area contributed by atoms with E-state index in [1.807, 2.05) is 23.9 Å². The van der Waals surface area contributed by atoms with Gasteiger partial charge in [0, 0.05) is 30.6 Å². The van der Waals surface area contributed by atoms with Gasteiger partial charge in [0.1, 0.15) is 5.82 Å². The normalized spacial score (nSPS) is 20.2. The molecule has 100 valence electrons. The topological polar surface area (TPSA) is 28.2 Å². The highest BCUT2D eigenvalue weighted by Gasteiger charge is 2.20. The number of halogens is 1. The van der Waals surface area contributed by atoms with Gasteiger partial charge in [-0.25, -0.2) is 4.98 Å². The first-order chi connectivity index (χ1) is 8.72. The number of hydrogen-bond acceptors (Lipinski definition) is 4. The van der Waals surface area contributed by atoms with Crippen LogP contribution in [0.4, 0.5) is 5.82 Å². The van der Waals surface area contributed by atoms with Crippen LogP contribution >= 0.6 is 23.4 Å². The summed E-state index contributed by atoms with van der Waals surface area (Å²) < 4.78 is 0. The second-order valence-corrected chi connectivity index (χ2v) is 6.05.